The van der Waals surface area contributed by atoms with Crippen molar-refractivity contribution in [2.45, 2.75) is 43.8 Å². The van der Waals surface area contributed by atoms with Crippen molar-refractivity contribution in [3.63, 3.8) is 0 Å². The Balaban J connectivity index is 1.58. The number of halogens is 1. The molecule has 1 aromatic heterocycles. The summed E-state index contributed by atoms with van der Waals surface area (Å²) >= 11 is 0. The molecular formula is C27H27FN2O3. The van der Waals surface area contributed by atoms with Gasteiger partial charge in [0.15, 0.2) is 11.6 Å². The number of hydrogen-bond acceptors (Lipinski definition) is 5. The van der Waals surface area contributed by atoms with E-state index in [-0.39, 0.29) is 23.5 Å². The van der Waals surface area contributed by atoms with Crippen molar-refractivity contribution in [2.24, 2.45) is 11.8 Å². The van der Waals surface area contributed by atoms with Crippen LogP contribution in [-0.4, -0.2) is 34.1 Å². The molecule has 170 valence electrons. The number of nitrogens with zero attached hydrogens (tertiary/aromatic N) is 2. The summed E-state index contributed by atoms with van der Waals surface area (Å²) in [4.78, 5) is 9.32. The maximum atomic E-state index is 14.7. The molecule has 2 aromatic carbocycles. The van der Waals surface area contributed by atoms with Gasteiger partial charge < -0.3 is 14.6 Å². The maximum Gasteiger partial charge on any atom is 0.218 e. The van der Waals surface area contributed by atoms with Gasteiger partial charge in [0.05, 0.1) is 24.5 Å². The van der Waals surface area contributed by atoms with Crippen LogP contribution in [0.3, 0.4) is 0 Å². The SMILES string of the molecule is C[C@H]1[C@@H]2CCc3c(O)nc(-c4ccccc4F)nc3[C@@]2(c2ccccc2)CCC12OCCO2. The lowest BCUT2D eigenvalue weighted by Gasteiger charge is -2.55. The van der Waals surface area contributed by atoms with E-state index in [1.54, 1.807) is 18.2 Å². The Morgan fingerprint density at radius 1 is 0.970 bits per heavy atom. The Hall–Kier alpha value is -2.83. The second-order valence-corrected chi connectivity index (χ2v) is 9.46. The fourth-order valence-electron chi connectivity index (χ4n) is 6.55. The van der Waals surface area contributed by atoms with Crippen molar-refractivity contribution in [1.29, 1.82) is 0 Å². The summed E-state index contributed by atoms with van der Waals surface area (Å²) in [5.41, 5.74) is 2.61. The number of ether oxygens (including phenoxy) is 2. The molecule has 1 saturated heterocycles. The molecule has 0 unspecified atom stereocenters. The summed E-state index contributed by atoms with van der Waals surface area (Å²) in [6, 6.07) is 16.8. The summed E-state index contributed by atoms with van der Waals surface area (Å²) < 4.78 is 27.0. The summed E-state index contributed by atoms with van der Waals surface area (Å²) in [5.74, 6) is -0.459. The van der Waals surface area contributed by atoms with Gasteiger partial charge in [-0.25, -0.2) is 9.37 Å². The molecule has 33 heavy (non-hydrogen) atoms. The van der Waals surface area contributed by atoms with Crippen LogP contribution in [0, 0.1) is 17.7 Å². The lowest BCUT2D eigenvalue weighted by atomic mass is 9.51. The summed E-state index contributed by atoms with van der Waals surface area (Å²) in [5, 5.41) is 11.0. The molecule has 1 spiro atoms. The minimum atomic E-state index is -0.566. The Bertz CT molecular complexity index is 1200. The fourth-order valence-corrected chi connectivity index (χ4v) is 6.55. The van der Waals surface area contributed by atoms with Gasteiger partial charge in [-0.1, -0.05) is 49.4 Å². The van der Waals surface area contributed by atoms with Gasteiger partial charge in [-0.15, -0.1) is 0 Å². The number of hydrogen-bond donors (Lipinski definition) is 1. The van der Waals surface area contributed by atoms with Crippen LogP contribution in [0.2, 0.25) is 0 Å². The molecule has 6 rings (SSSR count). The van der Waals surface area contributed by atoms with E-state index < -0.39 is 17.0 Å². The predicted octanol–water partition coefficient (Wildman–Crippen LogP) is 5.01. The first kappa shape index (κ1) is 20.8. The highest BCUT2D eigenvalue weighted by Gasteiger charge is 2.60. The summed E-state index contributed by atoms with van der Waals surface area (Å²) in [7, 11) is 0. The van der Waals surface area contributed by atoms with Crippen molar-refractivity contribution in [3.05, 3.63) is 77.2 Å². The van der Waals surface area contributed by atoms with Gasteiger partial charge in [0.25, 0.3) is 0 Å². The van der Waals surface area contributed by atoms with Gasteiger partial charge in [-0.2, -0.15) is 4.98 Å². The van der Waals surface area contributed by atoms with Gasteiger partial charge in [0.1, 0.15) is 5.82 Å². The summed E-state index contributed by atoms with van der Waals surface area (Å²) in [6.45, 7) is 3.45. The van der Waals surface area contributed by atoms with Crippen molar-refractivity contribution in [1.82, 2.24) is 9.97 Å². The average Bonchev–Trinajstić information content (AvgIpc) is 3.32. The third-order valence-corrected chi connectivity index (χ3v) is 8.09. The van der Waals surface area contributed by atoms with E-state index in [2.05, 4.69) is 24.0 Å². The van der Waals surface area contributed by atoms with Crippen LogP contribution in [0.25, 0.3) is 11.4 Å². The van der Waals surface area contributed by atoms with Crippen LogP contribution < -0.4 is 0 Å². The lowest BCUT2D eigenvalue weighted by Crippen LogP contribution is -2.57. The number of rotatable bonds is 2. The zero-order valence-electron chi connectivity index (χ0n) is 18.6. The lowest BCUT2D eigenvalue weighted by molar-refractivity contribution is -0.232. The molecule has 2 aliphatic carbocycles. The van der Waals surface area contributed by atoms with E-state index in [0.717, 1.165) is 36.1 Å². The van der Waals surface area contributed by atoms with Crippen LogP contribution >= 0.6 is 0 Å². The molecule has 3 aliphatic rings. The summed E-state index contributed by atoms with van der Waals surface area (Å²) in [6.07, 6.45) is 3.04. The van der Waals surface area contributed by atoms with E-state index in [4.69, 9.17) is 14.5 Å². The molecule has 1 N–H and O–H groups in total. The normalized spacial score (nSPS) is 27.8. The van der Waals surface area contributed by atoms with Crippen molar-refractivity contribution in [2.75, 3.05) is 13.2 Å². The smallest absolute Gasteiger partial charge is 0.218 e. The molecule has 2 heterocycles. The van der Waals surface area contributed by atoms with Crippen LogP contribution in [0.5, 0.6) is 5.88 Å². The Kier molecular flexibility index (Phi) is 4.78. The topological polar surface area (TPSA) is 64.5 Å². The minimum absolute atomic E-state index is 0.0479. The molecule has 1 saturated carbocycles. The van der Waals surface area contributed by atoms with Crippen LogP contribution in [0.15, 0.2) is 54.6 Å². The highest BCUT2D eigenvalue weighted by molar-refractivity contribution is 5.59. The van der Waals surface area contributed by atoms with Crippen molar-refractivity contribution < 1.29 is 19.0 Å². The van der Waals surface area contributed by atoms with Crippen LogP contribution in [0.4, 0.5) is 4.39 Å². The van der Waals surface area contributed by atoms with Gasteiger partial charge in [0, 0.05) is 23.3 Å². The molecule has 0 amide bonds. The maximum absolute atomic E-state index is 14.7. The molecule has 0 radical (unpaired) electrons. The molecule has 5 nitrogen and oxygen atoms in total. The Morgan fingerprint density at radius 2 is 1.70 bits per heavy atom. The van der Waals surface area contributed by atoms with Gasteiger partial charge in [-0.3, -0.25) is 0 Å². The molecule has 3 atom stereocenters. The van der Waals surface area contributed by atoms with Crippen molar-refractivity contribution in [3.8, 4) is 17.3 Å². The first-order valence-electron chi connectivity index (χ1n) is 11.7. The number of aromatic nitrogens is 2. The second kappa shape index (κ2) is 7.61. The second-order valence-electron chi connectivity index (χ2n) is 9.46. The zero-order valence-corrected chi connectivity index (χ0v) is 18.6. The van der Waals surface area contributed by atoms with Gasteiger partial charge in [0.2, 0.25) is 5.88 Å². The van der Waals surface area contributed by atoms with E-state index in [1.807, 2.05) is 18.2 Å². The quantitative estimate of drug-likeness (QED) is 0.600. The molecule has 2 fully saturated rings. The third kappa shape index (κ3) is 2.97. The first-order valence-corrected chi connectivity index (χ1v) is 11.7. The van der Waals surface area contributed by atoms with E-state index in [9.17, 15) is 9.50 Å². The monoisotopic (exact) mass is 446 g/mol. The number of fused-ring (bicyclic) bond motifs is 3. The minimum Gasteiger partial charge on any atom is -0.493 e. The Morgan fingerprint density at radius 3 is 2.45 bits per heavy atom. The largest absolute Gasteiger partial charge is 0.493 e. The number of benzene rings is 2. The molecule has 6 heteroatoms. The first-order chi connectivity index (χ1) is 16.1. The highest BCUT2D eigenvalue weighted by Crippen LogP contribution is 2.60. The Labute approximate surface area is 192 Å². The van der Waals surface area contributed by atoms with E-state index in [0.29, 0.717) is 25.2 Å². The third-order valence-electron chi connectivity index (χ3n) is 8.09. The van der Waals surface area contributed by atoms with Crippen molar-refractivity contribution >= 4 is 0 Å². The highest BCUT2D eigenvalue weighted by atomic mass is 19.1. The number of aromatic hydroxyl groups is 1. The fraction of sp³-hybridized carbons (Fsp3) is 0.407. The molecule has 0 bridgehead atoms. The molecular weight excluding hydrogens is 419 g/mol. The van der Waals surface area contributed by atoms with Crippen LogP contribution in [-0.2, 0) is 21.3 Å². The van der Waals surface area contributed by atoms with E-state index >= 15 is 0 Å². The molecule has 1 aliphatic heterocycles. The van der Waals surface area contributed by atoms with E-state index in [1.165, 1.54) is 6.07 Å². The zero-order chi connectivity index (χ0) is 22.6. The van der Waals surface area contributed by atoms with Gasteiger partial charge >= 0.3 is 0 Å². The van der Waals surface area contributed by atoms with Crippen LogP contribution in [0.1, 0.15) is 43.0 Å². The van der Waals surface area contributed by atoms with Gasteiger partial charge in [-0.05, 0) is 42.9 Å². The molecule has 3 aromatic rings. The standard InChI is InChI=1S/C27H27FN2O3/c1-17-21-12-11-20-23(29-24(30-25(20)31)19-9-5-6-10-22(19)28)26(21,18-7-3-2-4-8-18)13-14-27(17)32-15-16-33-27/h2-10,17,21H,11-16H2,1H3,(H,29,30,31)/t17-,21-,26+/m0/s1. The average molecular weight is 447 g/mol. The predicted molar refractivity (Wildman–Crippen MR) is 121 cm³/mol.